The zero-order valence-electron chi connectivity index (χ0n) is 9.93. The smallest absolute Gasteiger partial charge is 0.246 e. The van der Waals surface area contributed by atoms with Gasteiger partial charge < -0.3 is 4.90 Å². The van der Waals surface area contributed by atoms with Crippen LogP contribution < -0.4 is 0 Å². The first-order valence-corrected chi connectivity index (χ1v) is 6.27. The first-order valence-electron chi connectivity index (χ1n) is 5.89. The van der Waals surface area contributed by atoms with Crippen LogP contribution >= 0.6 is 11.6 Å². The fourth-order valence-corrected chi connectivity index (χ4v) is 1.95. The number of likely N-dealkylation sites (tertiary alicyclic amines) is 1. The highest BCUT2D eigenvalue weighted by atomic mass is 35.5. The van der Waals surface area contributed by atoms with E-state index in [1.165, 1.54) is 0 Å². The van der Waals surface area contributed by atoms with Crippen molar-refractivity contribution in [3.05, 3.63) is 40.9 Å². The number of carbonyl (C=O) groups excluding carboxylic acids is 2. The van der Waals surface area contributed by atoms with Gasteiger partial charge in [-0.1, -0.05) is 23.7 Å². The van der Waals surface area contributed by atoms with Gasteiger partial charge in [-0.15, -0.1) is 0 Å². The van der Waals surface area contributed by atoms with E-state index in [4.69, 9.17) is 11.6 Å². The van der Waals surface area contributed by atoms with Crippen molar-refractivity contribution in [2.24, 2.45) is 0 Å². The van der Waals surface area contributed by atoms with Crippen LogP contribution in [0.15, 0.2) is 30.3 Å². The lowest BCUT2D eigenvalue weighted by molar-refractivity contribution is -0.130. The molecule has 0 radical (unpaired) electrons. The molecule has 1 aromatic carbocycles. The van der Waals surface area contributed by atoms with Gasteiger partial charge in [0.2, 0.25) is 5.91 Å². The molecule has 1 saturated heterocycles. The molecule has 94 valence electrons. The van der Waals surface area contributed by atoms with Gasteiger partial charge in [-0.25, -0.2) is 0 Å². The molecule has 4 heteroatoms. The van der Waals surface area contributed by atoms with Gasteiger partial charge in [0.1, 0.15) is 5.78 Å². The van der Waals surface area contributed by atoms with Gasteiger partial charge in [0.15, 0.2) is 0 Å². The number of hydrogen-bond donors (Lipinski definition) is 0. The molecule has 0 saturated carbocycles. The average Bonchev–Trinajstić information content (AvgIpc) is 2.38. The molecule has 0 atom stereocenters. The lowest BCUT2D eigenvalue weighted by Gasteiger charge is -2.24. The minimum atomic E-state index is -0.0440. The highest BCUT2D eigenvalue weighted by molar-refractivity contribution is 6.30. The second-order valence-electron chi connectivity index (χ2n) is 4.25. The SMILES string of the molecule is O=C1CCN(C(=O)C=Cc2ccc(Cl)cc2)CC1. The Morgan fingerprint density at radius 2 is 1.78 bits per heavy atom. The number of carbonyl (C=O) groups is 2. The van der Waals surface area contributed by atoms with E-state index in [9.17, 15) is 9.59 Å². The second-order valence-corrected chi connectivity index (χ2v) is 4.69. The van der Waals surface area contributed by atoms with E-state index in [0.717, 1.165) is 5.56 Å². The predicted molar refractivity (Wildman–Crippen MR) is 71.3 cm³/mol. The standard InChI is InChI=1S/C14H14ClNO2/c15-12-4-1-11(2-5-12)3-6-14(18)16-9-7-13(17)8-10-16/h1-6H,7-10H2. The summed E-state index contributed by atoms with van der Waals surface area (Å²) in [6, 6.07) is 7.27. The summed E-state index contributed by atoms with van der Waals surface area (Å²) in [7, 11) is 0. The normalized spacial score (nSPS) is 16.3. The van der Waals surface area contributed by atoms with Gasteiger partial charge in [-0.2, -0.15) is 0 Å². The number of Topliss-reactive ketones (excluding diaryl/α,β-unsaturated/α-hetero) is 1. The number of halogens is 1. The monoisotopic (exact) mass is 263 g/mol. The minimum absolute atomic E-state index is 0.0440. The van der Waals surface area contributed by atoms with Crippen molar-refractivity contribution in [2.75, 3.05) is 13.1 Å². The Balaban J connectivity index is 1.94. The van der Waals surface area contributed by atoms with Crippen molar-refractivity contribution in [3.63, 3.8) is 0 Å². The summed E-state index contributed by atoms with van der Waals surface area (Å²) in [6.45, 7) is 1.06. The van der Waals surface area contributed by atoms with E-state index in [0.29, 0.717) is 31.0 Å². The average molecular weight is 264 g/mol. The first kappa shape index (κ1) is 12.8. The maximum atomic E-state index is 11.8. The molecule has 0 spiro atoms. The lowest BCUT2D eigenvalue weighted by Crippen LogP contribution is -2.37. The van der Waals surface area contributed by atoms with Crippen LogP contribution in [0.2, 0.25) is 5.02 Å². The Bertz CT molecular complexity index is 469. The van der Waals surface area contributed by atoms with Gasteiger partial charge in [-0.3, -0.25) is 9.59 Å². The molecule has 2 rings (SSSR count). The third-order valence-electron chi connectivity index (χ3n) is 2.92. The second kappa shape index (κ2) is 5.83. The van der Waals surface area contributed by atoms with E-state index in [1.807, 2.05) is 12.1 Å². The summed E-state index contributed by atoms with van der Waals surface area (Å²) >= 11 is 5.78. The molecule has 1 aromatic rings. The maximum Gasteiger partial charge on any atom is 0.246 e. The van der Waals surface area contributed by atoms with Gasteiger partial charge >= 0.3 is 0 Å². The molecular weight excluding hydrogens is 250 g/mol. The summed E-state index contributed by atoms with van der Waals surface area (Å²) in [6.07, 6.45) is 4.25. The molecule has 1 heterocycles. The molecule has 0 N–H and O–H groups in total. The molecule has 0 aliphatic carbocycles. The number of amides is 1. The number of ketones is 1. The van der Waals surface area contributed by atoms with Crippen LogP contribution in [0.4, 0.5) is 0 Å². The number of benzene rings is 1. The van der Waals surface area contributed by atoms with Crippen molar-refractivity contribution in [3.8, 4) is 0 Å². The molecule has 1 amide bonds. The number of rotatable bonds is 2. The van der Waals surface area contributed by atoms with E-state index in [1.54, 1.807) is 29.2 Å². The minimum Gasteiger partial charge on any atom is -0.338 e. The fraction of sp³-hybridized carbons (Fsp3) is 0.286. The first-order chi connectivity index (χ1) is 8.65. The molecule has 0 aromatic heterocycles. The van der Waals surface area contributed by atoms with Crippen molar-refractivity contribution in [2.45, 2.75) is 12.8 Å². The topological polar surface area (TPSA) is 37.4 Å². The Hall–Kier alpha value is -1.61. The van der Waals surface area contributed by atoms with Crippen LogP contribution in [0.5, 0.6) is 0 Å². The fourth-order valence-electron chi connectivity index (χ4n) is 1.82. The summed E-state index contributed by atoms with van der Waals surface area (Å²) < 4.78 is 0. The third-order valence-corrected chi connectivity index (χ3v) is 3.17. The molecule has 18 heavy (non-hydrogen) atoms. The number of nitrogens with zero attached hydrogens (tertiary/aromatic N) is 1. The van der Waals surface area contributed by atoms with Crippen LogP contribution in [0.25, 0.3) is 6.08 Å². The van der Waals surface area contributed by atoms with Gasteiger partial charge in [-0.05, 0) is 23.8 Å². The van der Waals surface area contributed by atoms with E-state index in [-0.39, 0.29) is 11.7 Å². The molecule has 1 fully saturated rings. The van der Waals surface area contributed by atoms with Gasteiger partial charge in [0.05, 0.1) is 0 Å². The zero-order valence-corrected chi connectivity index (χ0v) is 10.7. The Kier molecular flexibility index (Phi) is 4.15. The van der Waals surface area contributed by atoms with Crippen LogP contribution in [-0.2, 0) is 9.59 Å². The molecule has 3 nitrogen and oxygen atoms in total. The Morgan fingerprint density at radius 3 is 2.39 bits per heavy atom. The molecular formula is C14H14ClNO2. The highest BCUT2D eigenvalue weighted by Crippen LogP contribution is 2.11. The van der Waals surface area contributed by atoms with Crippen LogP contribution in [-0.4, -0.2) is 29.7 Å². The summed E-state index contributed by atoms with van der Waals surface area (Å²) in [5.41, 5.74) is 0.931. The molecule has 1 aliphatic rings. The van der Waals surface area contributed by atoms with E-state index < -0.39 is 0 Å². The van der Waals surface area contributed by atoms with E-state index in [2.05, 4.69) is 0 Å². The van der Waals surface area contributed by atoms with Gasteiger partial charge in [0, 0.05) is 37.0 Å². The van der Waals surface area contributed by atoms with Crippen molar-refractivity contribution < 1.29 is 9.59 Å². The molecule has 0 bridgehead atoms. The Morgan fingerprint density at radius 1 is 1.17 bits per heavy atom. The highest BCUT2D eigenvalue weighted by Gasteiger charge is 2.18. The maximum absolute atomic E-state index is 11.8. The summed E-state index contributed by atoms with van der Waals surface area (Å²) in [4.78, 5) is 24.6. The van der Waals surface area contributed by atoms with Crippen LogP contribution in [0.3, 0.4) is 0 Å². The zero-order chi connectivity index (χ0) is 13.0. The van der Waals surface area contributed by atoms with Crippen LogP contribution in [0.1, 0.15) is 18.4 Å². The van der Waals surface area contributed by atoms with Crippen molar-refractivity contribution >= 4 is 29.4 Å². The Labute approximate surface area is 111 Å². The summed E-state index contributed by atoms with van der Waals surface area (Å²) in [5, 5.41) is 0.674. The predicted octanol–water partition coefficient (Wildman–Crippen LogP) is 2.54. The van der Waals surface area contributed by atoms with Crippen LogP contribution in [0, 0.1) is 0 Å². The largest absolute Gasteiger partial charge is 0.338 e. The van der Waals surface area contributed by atoms with Crippen molar-refractivity contribution in [1.29, 1.82) is 0 Å². The number of hydrogen-bond acceptors (Lipinski definition) is 2. The quantitative estimate of drug-likeness (QED) is 0.769. The van der Waals surface area contributed by atoms with E-state index >= 15 is 0 Å². The number of piperidine rings is 1. The third kappa shape index (κ3) is 3.44. The summed E-state index contributed by atoms with van der Waals surface area (Å²) in [5.74, 6) is 0.193. The molecule has 1 aliphatic heterocycles. The molecule has 0 unspecified atom stereocenters. The van der Waals surface area contributed by atoms with Crippen molar-refractivity contribution in [1.82, 2.24) is 4.90 Å². The van der Waals surface area contributed by atoms with Gasteiger partial charge in [0.25, 0.3) is 0 Å². The lowest BCUT2D eigenvalue weighted by atomic mass is 10.1.